The predicted octanol–water partition coefficient (Wildman–Crippen LogP) is 4.87. The zero-order valence-electron chi connectivity index (χ0n) is 18.7. The molecule has 0 amide bonds. The molecule has 0 aliphatic carbocycles. The smallest absolute Gasteiger partial charge is 0.336 e. The molecule has 0 saturated carbocycles. The van der Waals surface area contributed by atoms with Gasteiger partial charge in [0.05, 0.1) is 19.8 Å². The summed E-state index contributed by atoms with van der Waals surface area (Å²) in [6.45, 7) is 1.97. The zero-order chi connectivity index (χ0) is 22.8. The molecule has 5 rings (SSSR count). The molecule has 0 radical (unpaired) electrons. The van der Waals surface area contributed by atoms with E-state index < -0.39 is 0 Å². The van der Waals surface area contributed by atoms with Gasteiger partial charge in [-0.15, -0.1) is 0 Å². The maximum atomic E-state index is 12.5. The molecule has 2 heterocycles. The van der Waals surface area contributed by atoms with E-state index in [2.05, 4.69) is 17.0 Å². The van der Waals surface area contributed by atoms with Gasteiger partial charge < -0.3 is 18.6 Å². The molecule has 1 aliphatic heterocycles. The standard InChI is InChI=1S/C27H25NO5/c1-30-20-7-3-18(4-8-20)13-14-28-16-24-25(32-17-28)12-11-22-23(15-26(29)33-27(22)24)19-5-9-21(31-2)10-6-19/h3-12,15H,13-14,16-17H2,1-2H3. The van der Waals surface area contributed by atoms with E-state index in [0.29, 0.717) is 18.9 Å². The average molecular weight is 443 g/mol. The van der Waals surface area contributed by atoms with Crippen LogP contribution in [0.25, 0.3) is 22.1 Å². The monoisotopic (exact) mass is 443 g/mol. The molecule has 6 heteroatoms. The van der Waals surface area contributed by atoms with Gasteiger partial charge in [-0.05, 0) is 59.5 Å². The molecule has 0 atom stereocenters. The second-order valence-electron chi connectivity index (χ2n) is 8.05. The lowest BCUT2D eigenvalue weighted by Crippen LogP contribution is -2.33. The Kier molecular flexibility index (Phi) is 5.75. The molecule has 0 saturated heterocycles. The van der Waals surface area contributed by atoms with E-state index in [1.807, 2.05) is 48.5 Å². The van der Waals surface area contributed by atoms with Crippen molar-refractivity contribution in [3.8, 4) is 28.4 Å². The number of nitrogens with zero attached hydrogens (tertiary/aromatic N) is 1. The SMILES string of the molecule is COc1ccc(CCN2COc3ccc4c(-c5ccc(OC)cc5)cc(=O)oc4c3C2)cc1. The number of methoxy groups -OCH3 is 2. The Hall–Kier alpha value is -3.77. The Morgan fingerprint density at radius 1 is 0.909 bits per heavy atom. The Balaban J connectivity index is 1.44. The highest BCUT2D eigenvalue weighted by molar-refractivity contribution is 5.95. The van der Waals surface area contributed by atoms with Crippen LogP contribution in [-0.2, 0) is 13.0 Å². The molecular weight excluding hydrogens is 418 g/mol. The van der Waals surface area contributed by atoms with Gasteiger partial charge in [0, 0.05) is 24.5 Å². The minimum atomic E-state index is -0.378. The van der Waals surface area contributed by atoms with Gasteiger partial charge >= 0.3 is 5.63 Å². The number of fused-ring (bicyclic) bond motifs is 3. The van der Waals surface area contributed by atoms with E-state index >= 15 is 0 Å². The molecule has 6 nitrogen and oxygen atoms in total. The van der Waals surface area contributed by atoms with Crippen molar-refractivity contribution in [2.45, 2.75) is 13.0 Å². The summed E-state index contributed by atoms with van der Waals surface area (Å²) in [5, 5.41) is 0.888. The predicted molar refractivity (Wildman–Crippen MR) is 127 cm³/mol. The Labute approximate surface area is 191 Å². The molecule has 1 aromatic heterocycles. The lowest BCUT2D eigenvalue weighted by atomic mass is 9.99. The van der Waals surface area contributed by atoms with Crippen molar-refractivity contribution in [3.05, 3.63) is 88.3 Å². The van der Waals surface area contributed by atoms with Crippen LogP contribution in [0.4, 0.5) is 0 Å². The van der Waals surface area contributed by atoms with E-state index in [4.69, 9.17) is 18.6 Å². The van der Waals surface area contributed by atoms with Gasteiger partial charge in [-0.3, -0.25) is 4.90 Å². The zero-order valence-corrected chi connectivity index (χ0v) is 18.7. The van der Waals surface area contributed by atoms with Crippen LogP contribution in [-0.4, -0.2) is 32.4 Å². The molecular formula is C27H25NO5. The Morgan fingerprint density at radius 3 is 2.30 bits per heavy atom. The summed E-state index contributed by atoms with van der Waals surface area (Å²) < 4.78 is 22.2. The van der Waals surface area contributed by atoms with Gasteiger partial charge in [-0.1, -0.05) is 24.3 Å². The van der Waals surface area contributed by atoms with Crippen LogP contribution >= 0.6 is 0 Å². The van der Waals surface area contributed by atoms with Gasteiger partial charge in [0.2, 0.25) is 0 Å². The maximum absolute atomic E-state index is 12.5. The summed E-state index contributed by atoms with van der Waals surface area (Å²) in [6.07, 6.45) is 0.883. The van der Waals surface area contributed by atoms with Gasteiger partial charge in [-0.2, -0.15) is 0 Å². The van der Waals surface area contributed by atoms with Crippen LogP contribution in [0.1, 0.15) is 11.1 Å². The topological polar surface area (TPSA) is 61.1 Å². The summed E-state index contributed by atoms with van der Waals surface area (Å²) in [5.74, 6) is 2.38. The van der Waals surface area contributed by atoms with E-state index in [9.17, 15) is 4.79 Å². The normalized spacial score (nSPS) is 13.4. The minimum absolute atomic E-state index is 0.378. The fourth-order valence-corrected chi connectivity index (χ4v) is 4.21. The number of rotatable bonds is 6. The molecule has 4 aromatic rings. The summed E-state index contributed by atoms with van der Waals surface area (Å²) >= 11 is 0. The maximum Gasteiger partial charge on any atom is 0.336 e. The number of hydrogen-bond acceptors (Lipinski definition) is 6. The lowest BCUT2D eigenvalue weighted by Gasteiger charge is -2.29. The Bertz CT molecular complexity index is 1330. The first-order valence-corrected chi connectivity index (χ1v) is 10.9. The highest BCUT2D eigenvalue weighted by atomic mass is 16.5. The van der Waals surface area contributed by atoms with Crippen molar-refractivity contribution >= 4 is 11.0 Å². The molecule has 0 bridgehead atoms. The van der Waals surface area contributed by atoms with Gasteiger partial charge in [0.15, 0.2) is 0 Å². The van der Waals surface area contributed by atoms with Crippen molar-refractivity contribution in [3.63, 3.8) is 0 Å². The van der Waals surface area contributed by atoms with E-state index in [0.717, 1.165) is 52.3 Å². The number of hydrogen-bond donors (Lipinski definition) is 0. The summed E-state index contributed by atoms with van der Waals surface area (Å²) in [6, 6.07) is 21.2. The van der Waals surface area contributed by atoms with Crippen LogP contribution in [0.15, 0.2) is 75.9 Å². The van der Waals surface area contributed by atoms with Crippen molar-refractivity contribution in [1.29, 1.82) is 0 Å². The molecule has 1 aliphatic rings. The van der Waals surface area contributed by atoms with E-state index in [1.165, 1.54) is 5.56 Å². The lowest BCUT2D eigenvalue weighted by molar-refractivity contribution is 0.0968. The fraction of sp³-hybridized carbons (Fsp3) is 0.222. The molecule has 168 valence electrons. The van der Waals surface area contributed by atoms with Crippen LogP contribution in [0.2, 0.25) is 0 Å². The quantitative estimate of drug-likeness (QED) is 0.396. The molecule has 0 fully saturated rings. The summed E-state index contributed by atoms with van der Waals surface area (Å²) in [7, 11) is 3.30. The first-order chi connectivity index (χ1) is 16.1. The fourth-order valence-electron chi connectivity index (χ4n) is 4.21. The van der Waals surface area contributed by atoms with Crippen LogP contribution in [0.5, 0.6) is 17.2 Å². The van der Waals surface area contributed by atoms with E-state index in [1.54, 1.807) is 20.3 Å². The number of benzene rings is 3. The van der Waals surface area contributed by atoms with Gasteiger partial charge in [0.25, 0.3) is 0 Å². The van der Waals surface area contributed by atoms with E-state index in [-0.39, 0.29) is 5.63 Å². The molecule has 0 unspecified atom stereocenters. The molecule has 33 heavy (non-hydrogen) atoms. The van der Waals surface area contributed by atoms with Crippen LogP contribution < -0.4 is 19.8 Å². The van der Waals surface area contributed by atoms with Crippen molar-refractivity contribution in [1.82, 2.24) is 4.90 Å². The Morgan fingerprint density at radius 2 is 1.61 bits per heavy atom. The average Bonchev–Trinajstić information content (AvgIpc) is 2.87. The van der Waals surface area contributed by atoms with Crippen LogP contribution in [0.3, 0.4) is 0 Å². The van der Waals surface area contributed by atoms with Crippen molar-refractivity contribution in [2.75, 3.05) is 27.5 Å². The largest absolute Gasteiger partial charge is 0.497 e. The third-order valence-electron chi connectivity index (χ3n) is 6.03. The van der Waals surface area contributed by atoms with Crippen LogP contribution in [0, 0.1) is 0 Å². The second-order valence-corrected chi connectivity index (χ2v) is 8.05. The highest BCUT2D eigenvalue weighted by Gasteiger charge is 2.22. The third kappa shape index (κ3) is 4.30. The first kappa shape index (κ1) is 21.1. The number of ether oxygens (including phenoxy) is 3. The molecule has 3 aromatic carbocycles. The van der Waals surface area contributed by atoms with Crippen molar-refractivity contribution in [2.24, 2.45) is 0 Å². The van der Waals surface area contributed by atoms with Gasteiger partial charge in [0.1, 0.15) is 29.6 Å². The summed E-state index contributed by atoms with van der Waals surface area (Å²) in [5.41, 5.74) is 4.11. The minimum Gasteiger partial charge on any atom is -0.497 e. The van der Waals surface area contributed by atoms with Crippen molar-refractivity contribution < 1.29 is 18.6 Å². The molecule has 0 spiro atoms. The summed E-state index contributed by atoms with van der Waals surface area (Å²) in [4.78, 5) is 14.7. The third-order valence-corrected chi connectivity index (χ3v) is 6.03. The van der Waals surface area contributed by atoms with Gasteiger partial charge in [-0.25, -0.2) is 4.79 Å². The second kappa shape index (κ2) is 9.00. The molecule has 0 N–H and O–H groups in total. The first-order valence-electron chi connectivity index (χ1n) is 10.9. The highest BCUT2D eigenvalue weighted by Crippen LogP contribution is 2.36.